The van der Waals surface area contributed by atoms with Crippen LogP contribution in [0.4, 0.5) is 5.69 Å². The van der Waals surface area contributed by atoms with Gasteiger partial charge in [-0.1, -0.05) is 54.8 Å². The molecule has 2 aromatic heterocycles. The first-order valence-corrected chi connectivity index (χ1v) is 19.5. The number of rotatable bonds is 12. The molecule has 278 valence electrons. The van der Waals surface area contributed by atoms with Gasteiger partial charge in [-0.2, -0.15) is 0 Å². The maximum Gasteiger partial charge on any atom is 0.264 e. The molecule has 0 bridgehead atoms. The van der Waals surface area contributed by atoms with E-state index in [9.17, 15) is 24.0 Å². The number of anilines is 1. The quantitative estimate of drug-likeness (QED) is 0.0875. The van der Waals surface area contributed by atoms with Gasteiger partial charge in [0.05, 0.1) is 28.6 Å². The number of amides is 3. The first-order chi connectivity index (χ1) is 25.9. The molecule has 54 heavy (non-hydrogen) atoms. The van der Waals surface area contributed by atoms with Crippen molar-refractivity contribution in [1.29, 1.82) is 0 Å². The molecule has 1 fully saturated rings. The molecule has 7 rings (SSSR count). The molecule has 0 saturated heterocycles. The number of Topliss-reactive ketones (excluding diaryl/α,β-unsaturated/α-hetero) is 2. The molecule has 1 saturated carbocycles. The second kappa shape index (κ2) is 15.3. The highest BCUT2D eigenvalue weighted by Gasteiger charge is 2.45. The lowest BCUT2D eigenvalue weighted by molar-refractivity contribution is -0.123. The second-order valence-electron chi connectivity index (χ2n) is 14.3. The van der Waals surface area contributed by atoms with Crippen LogP contribution in [0.1, 0.15) is 124 Å². The fourth-order valence-corrected chi connectivity index (χ4v) is 8.88. The number of allylic oxidation sites excluding steroid dienone is 1. The summed E-state index contributed by atoms with van der Waals surface area (Å²) < 4.78 is 2.04. The highest BCUT2D eigenvalue weighted by atomic mass is 35.5. The maximum atomic E-state index is 13.4. The van der Waals surface area contributed by atoms with Gasteiger partial charge in [0, 0.05) is 46.7 Å². The number of unbranched alkanes of at least 4 members (excludes halogenated alkanes) is 3. The van der Waals surface area contributed by atoms with E-state index in [0.717, 1.165) is 56.5 Å². The Bertz CT molecular complexity index is 2250. The Hall–Kier alpha value is -5.07. The van der Waals surface area contributed by atoms with E-state index in [0.29, 0.717) is 43.0 Å². The molecule has 0 radical (unpaired) electrons. The summed E-state index contributed by atoms with van der Waals surface area (Å²) in [5.74, 6) is -0.0846. The van der Waals surface area contributed by atoms with E-state index in [1.165, 1.54) is 4.88 Å². The van der Waals surface area contributed by atoms with E-state index >= 15 is 0 Å². The molecule has 3 amide bonds. The number of halogens is 1. The van der Waals surface area contributed by atoms with Gasteiger partial charge in [-0.05, 0) is 76.3 Å². The molecule has 1 N–H and O–H groups in total. The second-order valence-corrected chi connectivity index (χ2v) is 15.9. The van der Waals surface area contributed by atoms with Gasteiger partial charge in [-0.3, -0.25) is 38.4 Å². The van der Waals surface area contributed by atoms with E-state index in [2.05, 4.69) is 35.9 Å². The van der Waals surface area contributed by atoms with Crippen LogP contribution < -0.4 is 5.32 Å². The van der Waals surface area contributed by atoms with Gasteiger partial charge in [0.25, 0.3) is 11.8 Å². The molecule has 2 aromatic carbocycles. The number of imide groups is 1. The van der Waals surface area contributed by atoms with Crippen LogP contribution >= 0.6 is 22.9 Å². The SMILES string of the molecule is C=C1CCC(N2C(=O)c3cccc(NC(=O)CCCCCCC(=O)C[C@@H]4N=C(c5ccc(Cl)cc5)c5c(sc(C)c5C)-n5c(C)nnc54)c3C2=O)C(=O)C1. The Morgan fingerprint density at radius 1 is 0.944 bits per heavy atom. The summed E-state index contributed by atoms with van der Waals surface area (Å²) in [6.45, 7) is 9.97. The predicted octanol–water partition coefficient (Wildman–Crippen LogP) is 8.01. The lowest BCUT2D eigenvalue weighted by Gasteiger charge is -2.29. The number of ketones is 2. The van der Waals surface area contributed by atoms with E-state index in [1.807, 2.05) is 35.8 Å². The van der Waals surface area contributed by atoms with Crippen molar-refractivity contribution in [2.45, 2.75) is 97.1 Å². The summed E-state index contributed by atoms with van der Waals surface area (Å²) in [7, 11) is 0. The van der Waals surface area contributed by atoms with Crippen molar-refractivity contribution in [2.24, 2.45) is 4.99 Å². The molecular formula is C41H41ClN6O5S. The third-order valence-corrected chi connectivity index (χ3v) is 11.9. The van der Waals surface area contributed by atoms with Crippen LogP contribution in [0.25, 0.3) is 5.00 Å². The Morgan fingerprint density at radius 3 is 2.43 bits per heavy atom. The Morgan fingerprint density at radius 2 is 1.69 bits per heavy atom. The molecule has 1 aliphatic carbocycles. The van der Waals surface area contributed by atoms with Crippen molar-refractivity contribution in [3.05, 3.63) is 104 Å². The van der Waals surface area contributed by atoms with Crippen molar-refractivity contribution in [3.63, 3.8) is 0 Å². The predicted molar refractivity (Wildman–Crippen MR) is 208 cm³/mol. The number of aliphatic imine (C=N–C) groups is 1. The summed E-state index contributed by atoms with van der Waals surface area (Å²) in [4.78, 5) is 73.1. The number of thiophene rings is 1. The largest absolute Gasteiger partial charge is 0.325 e. The molecular weight excluding hydrogens is 724 g/mol. The number of aromatic nitrogens is 3. The zero-order valence-corrected chi connectivity index (χ0v) is 32.1. The standard InChI is InChI=1S/C41H41ClN6O5S/c1-22-14-19-32(33(50)20-22)48-39(52)29-11-9-12-30(36(29)40(48)53)43-34(51)13-8-6-5-7-10-28(49)21-31-38-46-45-25(4)47(38)41-35(23(2)24(3)54-41)37(44-31)26-15-17-27(42)18-16-26/h9,11-12,15-18,31-32H,1,5-8,10,13-14,19-21H2,2-4H3,(H,43,51)/t31-,32?/m0/s1. The molecule has 0 spiro atoms. The van der Waals surface area contributed by atoms with E-state index in [4.69, 9.17) is 16.6 Å². The van der Waals surface area contributed by atoms with Crippen molar-refractivity contribution < 1.29 is 24.0 Å². The minimum atomic E-state index is -0.822. The molecule has 13 heteroatoms. The first kappa shape index (κ1) is 37.3. The lowest BCUT2D eigenvalue weighted by atomic mass is 9.89. The normalized spacial score (nSPS) is 17.9. The Labute approximate surface area is 322 Å². The summed E-state index contributed by atoms with van der Waals surface area (Å²) >= 11 is 7.89. The number of hydrogen-bond donors (Lipinski definition) is 1. The fraction of sp³-hybridized carbons (Fsp3) is 0.366. The van der Waals surface area contributed by atoms with Crippen LogP contribution in [-0.4, -0.2) is 60.7 Å². The number of nitrogens with zero attached hydrogens (tertiary/aromatic N) is 5. The number of benzene rings is 2. The van der Waals surface area contributed by atoms with Gasteiger partial charge in [-0.15, -0.1) is 21.5 Å². The summed E-state index contributed by atoms with van der Waals surface area (Å²) in [6, 6.07) is 11.0. The molecule has 2 atom stereocenters. The Kier molecular flexibility index (Phi) is 10.6. The van der Waals surface area contributed by atoms with Crippen LogP contribution in [0, 0.1) is 20.8 Å². The van der Waals surface area contributed by atoms with Gasteiger partial charge in [0.1, 0.15) is 22.7 Å². The van der Waals surface area contributed by atoms with Crippen molar-refractivity contribution in [3.8, 4) is 5.00 Å². The number of hydrogen-bond acceptors (Lipinski definition) is 9. The van der Waals surface area contributed by atoms with Crippen LogP contribution in [-0.2, 0) is 14.4 Å². The molecule has 4 heterocycles. The monoisotopic (exact) mass is 764 g/mol. The minimum Gasteiger partial charge on any atom is -0.325 e. The summed E-state index contributed by atoms with van der Waals surface area (Å²) in [5, 5.41) is 13.3. The molecule has 1 unspecified atom stereocenters. The first-order valence-electron chi connectivity index (χ1n) is 18.3. The minimum absolute atomic E-state index is 0.0772. The number of carbonyl (C=O) groups excluding carboxylic acids is 5. The topological polar surface area (TPSA) is 144 Å². The van der Waals surface area contributed by atoms with Crippen molar-refractivity contribution >= 4 is 63.6 Å². The molecule has 3 aliphatic rings. The zero-order valence-electron chi connectivity index (χ0n) is 30.5. The molecule has 4 aromatic rings. The average molecular weight is 765 g/mol. The highest BCUT2D eigenvalue weighted by molar-refractivity contribution is 7.15. The molecule has 11 nitrogen and oxygen atoms in total. The summed E-state index contributed by atoms with van der Waals surface area (Å²) in [5.41, 5.74) is 5.25. The lowest BCUT2D eigenvalue weighted by Crippen LogP contribution is -2.46. The van der Waals surface area contributed by atoms with Gasteiger partial charge < -0.3 is 5.32 Å². The molecule has 2 aliphatic heterocycles. The third-order valence-electron chi connectivity index (χ3n) is 10.5. The van der Waals surface area contributed by atoms with Gasteiger partial charge in [0.15, 0.2) is 11.6 Å². The van der Waals surface area contributed by atoms with Crippen LogP contribution in [0.5, 0.6) is 0 Å². The van der Waals surface area contributed by atoms with Crippen molar-refractivity contribution in [2.75, 3.05) is 5.32 Å². The summed E-state index contributed by atoms with van der Waals surface area (Å²) in [6.07, 6.45) is 4.62. The maximum absolute atomic E-state index is 13.4. The van der Waals surface area contributed by atoms with Gasteiger partial charge in [0.2, 0.25) is 5.91 Å². The number of aryl methyl sites for hydroxylation is 2. The van der Waals surface area contributed by atoms with Gasteiger partial charge >= 0.3 is 0 Å². The van der Waals surface area contributed by atoms with E-state index in [1.54, 1.807) is 29.5 Å². The van der Waals surface area contributed by atoms with Crippen LogP contribution in [0.3, 0.4) is 0 Å². The van der Waals surface area contributed by atoms with Crippen LogP contribution in [0.15, 0.2) is 59.6 Å². The van der Waals surface area contributed by atoms with Crippen molar-refractivity contribution in [1.82, 2.24) is 19.7 Å². The van der Waals surface area contributed by atoms with E-state index < -0.39 is 23.9 Å². The Balaban J connectivity index is 0.935. The highest BCUT2D eigenvalue weighted by Crippen LogP contribution is 2.40. The number of fused-ring (bicyclic) bond motifs is 4. The number of carbonyl (C=O) groups is 5. The van der Waals surface area contributed by atoms with E-state index in [-0.39, 0.29) is 53.6 Å². The van der Waals surface area contributed by atoms with Crippen LogP contribution in [0.2, 0.25) is 5.02 Å². The number of nitrogens with one attached hydrogen (secondary N) is 1. The smallest absolute Gasteiger partial charge is 0.264 e. The average Bonchev–Trinajstić information content (AvgIpc) is 3.71. The third kappa shape index (κ3) is 7.12. The van der Waals surface area contributed by atoms with Gasteiger partial charge in [-0.25, -0.2) is 0 Å². The fourth-order valence-electron chi connectivity index (χ4n) is 7.54. The zero-order chi connectivity index (χ0) is 38.3.